The first-order valence-corrected chi connectivity index (χ1v) is 7.82. The Labute approximate surface area is 153 Å². The molecule has 1 N–H and O–H groups in total. The van der Waals surface area contributed by atoms with E-state index < -0.39 is 0 Å². The first-order chi connectivity index (χ1) is 11.5. The maximum Gasteiger partial charge on any atom is 0.337 e. The number of hydrogen-bond acceptors (Lipinski definition) is 4. The van der Waals surface area contributed by atoms with Gasteiger partial charge in [-0.25, -0.2) is 4.79 Å². The lowest BCUT2D eigenvalue weighted by molar-refractivity contribution is -0.0000196. The van der Waals surface area contributed by atoms with E-state index in [0.29, 0.717) is 5.56 Å². The van der Waals surface area contributed by atoms with Gasteiger partial charge in [0.15, 0.2) is 0 Å². The zero-order valence-electron chi connectivity index (χ0n) is 14.7. The summed E-state index contributed by atoms with van der Waals surface area (Å²) in [4.78, 5) is 16.4. The second kappa shape index (κ2) is 7.53. The van der Waals surface area contributed by atoms with E-state index in [1.54, 1.807) is 12.1 Å². The van der Waals surface area contributed by atoms with Crippen LogP contribution in [-0.4, -0.2) is 18.1 Å². The van der Waals surface area contributed by atoms with Crippen LogP contribution in [0.3, 0.4) is 0 Å². The van der Waals surface area contributed by atoms with Gasteiger partial charge in [-0.3, -0.25) is 4.98 Å². The standard InChI is InChI=1S/C20H20N2O2.ClH/c1-12-8-13(2)19-17(9-12)18(10-14(3)21-19)22-16-7-5-6-15(11-16)20(23)24-4;/h5-11H,1-4H3,(H,21,22);1H/p-1. The van der Waals surface area contributed by atoms with Crippen molar-refractivity contribution in [1.82, 2.24) is 4.98 Å². The van der Waals surface area contributed by atoms with Crippen LogP contribution in [0.1, 0.15) is 27.2 Å². The summed E-state index contributed by atoms with van der Waals surface area (Å²) in [5.74, 6) is -0.346. The third-order valence-electron chi connectivity index (χ3n) is 3.94. The molecule has 0 saturated carbocycles. The van der Waals surface area contributed by atoms with Crippen molar-refractivity contribution in [1.29, 1.82) is 0 Å². The Morgan fingerprint density at radius 2 is 1.84 bits per heavy atom. The molecule has 0 unspecified atom stereocenters. The fourth-order valence-corrected chi connectivity index (χ4v) is 2.91. The topological polar surface area (TPSA) is 51.2 Å². The molecule has 2 aromatic carbocycles. The molecule has 0 radical (unpaired) electrons. The first kappa shape index (κ1) is 18.7. The lowest BCUT2D eigenvalue weighted by Crippen LogP contribution is -3.00. The number of ether oxygens (including phenoxy) is 1. The van der Waals surface area contributed by atoms with Gasteiger partial charge in [0.05, 0.1) is 18.2 Å². The highest BCUT2D eigenvalue weighted by Gasteiger charge is 2.10. The normalized spacial score (nSPS) is 10.2. The second-order valence-electron chi connectivity index (χ2n) is 5.99. The molecule has 25 heavy (non-hydrogen) atoms. The average Bonchev–Trinajstić information content (AvgIpc) is 2.55. The molecule has 0 atom stereocenters. The highest BCUT2D eigenvalue weighted by atomic mass is 35.5. The number of benzene rings is 2. The molecule has 0 amide bonds. The number of pyridine rings is 1. The summed E-state index contributed by atoms with van der Waals surface area (Å²) in [6.45, 7) is 6.13. The molecule has 1 heterocycles. The average molecular weight is 356 g/mol. The number of nitrogens with one attached hydrogen (secondary N) is 1. The largest absolute Gasteiger partial charge is 1.00 e. The zero-order valence-corrected chi connectivity index (χ0v) is 15.4. The smallest absolute Gasteiger partial charge is 0.337 e. The van der Waals surface area contributed by atoms with Gasteiger partial charge >= 0.3 is 5.97 Å². The van der Waals surface area contributed by atoms with Crippen LogP contribution in [-0.2, 0) is 4.74 Å². The number of methoxy groups -OCH3 is 1. The summed E-state index contributed by atoms with van der Waals surface area (Å²) >= 11 is 0. The molecule has 5 heteroatoms. The number of carbonyl (C=O) groups is 1. The van der Waals surface area contributed by atoms with Crippen LogP contribution in [0.5, 0.6) is 0 Å². The Morgan fingerprint density at radius 3 is 2.56 bits per heavy atom. The summed E-state index contributed by atoms with van der Waals surface area (Å²) in [6, 6.07) is 13.6. The van der Waals surface area contributed by atoms with Crippen molar-refractivity contribution in [3.05, 3.63) is 64.8 Å². The Balaban J connectivity index is 0.00000225. The third kappa shape index (κ3) is 3.91. The number of halogens is 1. The molecule has 0 aliphatic heterocycles. The van der Waals surface area contributed by atoms with Crippen LogP contribution in [0.2, 0.25) is 0 Å². The van der Waals surface area contributed by atoms with E-state index in [-0.39, 0.29) is 18.4 Å². The van der Waals surface area contributed by atoms with E-state index >= 15 is 0 Å². The lowest BCUT2D eigenvalue weighted by atomic mass is 10.0. The van der Waals surface area contributed by atoms with Gasteiger partial charge in [-0.05, 0) is 56.7 Å². The Hall–Kier alpha value is -2.59. The fourth-order valence-electron chi connectivity index (χ4n) is 2.91. The summed E-state index contributed by atoms with van der Waals surface area (Å²) < 4.78 is 4.79. The minimum Gasteiger partial charge on any atom is -1.00 e. The molecule has 3 aromatic rings. The molecule has 3 rings (SSSR count). The number of esters is 1. The fraction of sp³-hybridized carbons (Fsp3) is 0.200. The quantitative estimate of drug-likeness (QED) is 0.726. The van der Waals surface area contributed by atoms with Crippen molar-refractivity contribution in [3.8, 4) is 0 Å². The molecule has 0 aliphatic rings. The minimum atomic E-state index is -0.346. The van der Waals surface area contributed by atoms with Gasteiger partial charge in [-0.2, -0.15) is 0 Å². The molecular weight excluding hydrogens is 336 g/mol. The summed E-state index contributed by atoms with van der Waals surface area (Å²) in [7, 11) is 1.38. The number of anilines is 2. The van der Waals surface area contributed by atoms with E-state index in [9.17, 15) is 4.79 Å². The van der Waals surface area contributed by atoms with Gasteiger partial charge in [0.2, 0.25) is 0 Å². The Kier molecular flexibility index (Phi) is 5.65. The first-order valence-electron chi connectivity index (χ1n) is 7.82. The molecule has 0 bridgehead atoms. The second-order valence-corrected chi connectivity index (χ2v) is 5.99. The maximum absolute atomic E-state index is 11.7. The van der Waals surface area contributed by atoms with Gasteiger partial charge in [-0.15, -0.1) is 0 Å². The van der Waals surface area contributed by atoms with Crippen molar-refractivity contribution in [2.75, 3.05) is 12.4 Å². The van der Waals surface area contributed by atoms with Crippen molar-refractivity contribution < 1.29 is 21.9 Å². The molecular formula is C20H20ClN2O2-. The number of fused-ring (bicyclic) bond motifs is 1. The number of carbonyl (C=O) groups excluding carboxylic acids is 1. The predicted octanol–water partition coefficient (Wildman–Crippen LogP) is 1.69. The SMILES string of the molecule is COC(=O)c1cccc(Nc2cc(C)nc3c(C)cc(C)cc23)c1.[Cl-]. The molecule has 0 aliphatic carbocycles. The van der Waals surface area contributed by atoms with Crippen molar-refractivity contribution in [3.63, 3.8) is 0 Å². The maximum atomic E-state index is 11.7. The molecule has 130 valence electrons. The van der Waals surface area contributed by atoms with Crippen molar-refractivity contribution in [2.24, 2.45) is 0 Å². The van der Waals surface area contributed by atoms with E-state index in [4.69, 9.17) is 4.74 Å². The molecule has 4 nitrogen and oxygen atoms in total. The molecule has 0 spiro atoms. The Bertz CT molecular complexity index is 938. The van der Waals surface area contributed by atoms with E-state index in [0.717, 1.165) is 33.5 Å². The van der Waals surface area contributed by atoms with Crippen LogP contribution < -0.4 is 17.7 Å². The lowest BCUT2D eigenvalue weighted by Gasteiger charge is -2.13. The highest BCUT2D eigenvalue weighted by Crippen LogP contribution is 2.29. The van der Waals surface area contributed by atoms with E-state index in [2.05, 4.69) is 36.3 Å². The summed E-state index contributed by atoms with van der Waals surface area (Å²) in [5.41, 5.74) is 6.62. The molecule has 0 fully saturated rings. The molecule has 1 aromatic heterocycles. The van der Waals surface area contributed by atoms with Crippen LogP contribution in [0.15, 0.2) is 42.5 Å². The summed E-state index contributed by atoms with van der Waals surface area (Å²) in [6.07, 6.45) is 0. The van der Waals surface area contributed by atoms with Crippen molar-refractivity contribution in [2.45, 2.75) is 20.8 Å². The number of aromatic nitrogens is 1. The monoisotopic (exact) mass is 355 g/mol. The minimum absolute atomic E-state index is 0. The van der Waals surface area contributed by atoms with Gasteiger partial charge in [0.25, 0.3) is 0 Å². The zero-order chi connectivity index (χ0) is 17.3. The highest BCUT2D eigenvalue weighted by molar-refractivity contribution is 5.96. The Morgan fingerprint density at radius 1 is 1.08 bits per heavy atom. The van der Waals surface area contributed by atoms with Crippen LogP contribution in [0.25, 0.3) is 10.9 Å². The number of nitrogens with zero attached hydrogens (tertiary/aromatic N) is 1. The van der Waals surface area contributed by atoms with Gasteiger partial charge < -0.3 is 22.5 Å². The molecule has 0 saturated heterocycles. The van der Waals surface area contributed by atoms with Crippen molar-refractivity contribution >= 4 is 28.2 Å². The predicted molar refractivity (Wildman–Crippen MR) is 97.0 cm³/mol. The van der Waals surface area contributed by atoms with Crippen LogP contribution in [0, 0.1) is 20.8 Å². The van der Waals surface area contributed by atoms with Gasteiger partial charge in [-0.1, -0.05) is 17.7 Å². The van der Waals surface area contributed by atoms with Gasteiger partial charge in [0, 0.05) is 22.5 Å². The van der Waals surface area contributed by atoms with Crippen LogP contribution >= 0.6 is 0 Å². The number of rotatable bonds is 3. The van der Waals surface area contributed by atoms with E-state index in [1.165, 1.54) is 12.7 Å². The number of hydrogen-bond donors (Lipinski definition) is 1. The van der Waals surface area contributed by atoms with Gasteiger partial charge in [0.1, 0.15) is 0 Å². The number of aryl methyl sites for hydroxylation is 3. The van der Waals surface area contributed by atoms with E-state index in [1.807, 2.05) is 25.1 Å². The van der Waals surface area contributed by atoms with Crippen LogP contribution in [0.4, 0.5) is 11.4 Å². The summed E-state index contributed by atoms with van der Waals surface area (Å²) in [5, 5.41) is 4.48. The third-order valence-corrected chi connectivity index (χ3v) is 3.94.